The Morgan fingerprint density at radius 2 is 1.72 bits per heavy atom. The van der Waals surface area contributed by atoms with Gasteiger partial charge in [0.1, 0.15) is 24.2 Å². The molecule has 0 atom stereocenters. The maximum Gasteiger partial charge on any atom is 0.253 e. The third-order valence-electron chi connectivity index (χ3n) is 8.00. The first-order chi connectivity index (χ1) is 17.0. The monoisotopic (exact) mass is 507 g/mol. The summed E-state index contributed by atoms with van der Waals surface area (Å²) < 4.78 is 6.37. The minimum atomic E-state index is -0.308. The number of aldehydes is 1. The standard InChI is InChI=1S/C29H34ClN3O3/c1-28(2)26(29(3,4)27(28)36-23-11-8-21(17-31)24(30)16-23)32(5)25(35)20-6-9-22(10-7-20)33-14-12-19(18-34)13-15-33/h6-11,16,18-19,26-27H,12-15H2,1-5H3/t26-,27-. The Balaban J connectivity index is 1.45. The molecule has 190 valence electrons. The van der Waals surface area contributed by atoms with Crippen LogP contribution in [0.2, 0.25) is 5.02 Å². The topological polar surface area (TPSA) is 73.6 Å². The summed E-state index contributed by atoms with van der Waals surface area (Å²) in [6.07, 6.45) is 2.66. The van der Waals surface area contributed by atoms with Crippen LogP contribution in [0.1, 0.15) is 56.5 Å². The smallest absolute Gasteiger partial charge is 0.253 e. The van der Waals surface area contributed by atoms with Crippen LogP contribution in [0.4, 0.5) is 5.69 Å². The Labute approximate surface area is 218 Å². The van der Waals surface area contributed by atoms with E-state index in [1.54, 1.807) is 18.2 Å². The molecule has 0 spiro atoms. The number of carbonyl (C=O) groups excluding carboxylic acids is 2. The Bertz CT molecular complexity index is 1160. The van der Waals surface area contributed by atoms with Crippen LogP contribution in [0.15, 0.2) is 42.5 Å². The fourth-order valence-corrected chi connectivity index (χ4v) is 6.85. The van der Waals surface area contributed by atoms with Crippen molar-refractivity contribution in [1.82, 2.24) is 4.90 Å². The predicted molar refractivity (Wildman–Crippen MR) is 141 cm³/mol. The lowest BCUT2D eigenvalue weighted by atomic mass is 9.49. The lowest BCUT2D eigenvalue weighted by Crippen LogP contribution is -2.74. The minimum Gasteiger partial charge on any atom is -0.489 e. The van der Waals surface area contributed by atoms with Gasteiger partial charge in [0.05, 0.1) is 10.6 Å². The van der Waals surface area contributed by atoms with Crippen molar-refractivity contribution < 1.29 is 14.3 Å². The van der Waals surface area contributed by atoms with Gasteiger partial charge >= 0.3 is 0 Å². The number of rotatable bonds is 6. The lowest BCUT2D eigenvalue weighted by molar-refractivity contribution is -0.195. The number of halogens is 1. The van der Waals surface area contributed by atoms with Gasteiger partial charge in [-0.2, -0.15) is 5.26 Å². The normalized spacial score (nSPS) is 22.8. The second-order valence-corrected chi connectivity index (χ2v) is 11.6. The van der Waals surface area contributed by atoms with Gasteiger partial charge in [0.15, 0.2) is 0 Å². The zero-order chi connectivity index (χ0) is 26.3. The van der Waals surface area contributed by atoms with Crippen LogP contribution in [-0.2, 0) is 4.79 Å². The largest absolute Gasteiger partial charge is 0.489 e. The number of piperidine rings is 1. The van der Waals surface area contributed by atoms with Gasteiger partial charge in [-0.25, -0.2) is 0 Å². The van der Waals surface area contributed by atoms with E-state index in [0.29, 0.717) is 21.9 Å². The van der Waals surface area contributed by atoms with E-state index >= 15 is 0 Å². The first kappa shape index (κ1) is 26.0. The summed E-state index contributed by atoms with van der Waals surface area (Å²) in [6, 6.07) is 14.9. The van der Waals surface area contributed by atoms with Gasteiger partial charge in [-0.3, -0.25) is 4.79 Å². The Morgan fingerprint density at radius 1 is 1.11 bits per heavy atom. The number of ether oxygens (including phenoxy) is 1. The summed E-state index contributed by atoms with van der Waals surface area (Å²) in [5.41, 5.74) is 1.53. The summed E-state index contributed by atoms with van der Waals surface area (Å²) in [7, 11) is 1.86. The number of nitrogens with zero attached hydrogens (tertiary/aromatic N) is 3. The zero-order valence-corrected chi connectivity index (χ0v) is 22.4. The van der Waals surface area contributed by atoms with E-state index in [9.17, 15) is 9.59 Å². The van der Waals surface area contributed by atoms with E-state index in [0.717, 1.165) is 37.9 Å². The fourth-order valence-electron chi connectivity index (χ4n) is 6.64. The van der Waals surface area contributed by atoms with Gasteiger partial charge in [0.2, 0.25) is 0 Å². The van der Waals surface area contributed by atoms with Crippen LogP contribution >= 0.6 is 11.6 Å². The molecule has 0 N–H and O–H groups in total. The summed E-state index contributed by atoms with van der Waals surface area (Å²) in [5, 5.41) is 9.50. The molecule has 0 aromatic heterocycles. The second kappa shape index (κ2) is 9.78. The first-order valence-corrected chi connectivity index (χ1v) is 12.8. The Hall–Kier alpha value is -3.04. The molecule has 6 nitrogen and oxygen atoms in total. The van der Waals surface area contributed by atoms with Crippen molar-refractivity contribution in [2.45, 2.75) is 52.7 Å². The van der Waals surface area contributed by atoms with Crippen LogP contribution in [0, 0.1) is 28.1 Å². The van der Waals surface area contributed by atoms with Crippen molar-refractivity contribution in [1.29, 1.82) is 5.26 Å². The van der Waals surface area contributed by atoms with E-state index in [4.69, 9.17) is 21.6 Å². The average molecular weight is 508 g/mol. The molecular weight excluding hydrogens is 474 g/mol. The van der Waals surface area contributed by atoms with Gasteiger partial charge in [-0.15, -0.1) is 0 Å². The molecule has 1 aliphatic heterocycles. The molecule has 1 saturated carbocycles. The van der Waals surface area contributed by atoms with Gasteiger partial charge in [0.25, 0.3) is 5.91 Å². The van der Waals surface area contributed by atoms with Gasteiger partial charge in [-0.1, -0.05) is 39.3 Å². The molecule has 1 aliphatic carbocycles. The Morgan fingerprint density at radius 3 is 2.25 bits per heavy atom. The molecule has 0 unspecified atom stereocenters. The number of benzene rings is 2. The van der Waals surface area contributed by atoms with E-state index in [-0.39, 0.29) is 34.8 Å². The summed E-state index contributed by atoms with van der Waals surface area (Å²) >= 11 is 6.21. The van der Waals surface area contributed by atoms with Gasteiger partial charge in [0, 0.05) is 60.2 Å². The molecule has 1 amide bonds. The number of carbonyl (C=O) groups is 2. The molecule has 4 rings (SSSR count). The molecule has 7 heteroatoms. The molecule has 1 heterocycles. The Kier molecular flexibility index (Phi) is 7.07. The van der Waals surface area contributed by atoms with Crippen LogP contribution in [0.5, 0.6) is 5.75 Å². The van der Waals surface area contributed by atoms with Gasteiger partial charge in [-0.05, 0) is 49.2 Å². The molecular formula is C29H34ClN3O3. The third kappa shape index (κ3) is 4.57. The molecule has 2 aliphatic rings. The van der Waals surface area contributed by atoms with Crippen LogP contribution in [0.3, 0.4) is 0 Å². The third-order valence-corrected chi connectivity index (χ3v) is 8.31. The molecule has 2 fully saturated rings. The highest BCUT2D eigenvalue weighted by molar-refractivity contribution is 6.31. The molecule has 2 aromatic carbocycles. The van der Waals surface area contributed by atoms with E-state index in [2.05, 4.69) is 38.7 Å². The molecule has 2 aromatic rings. The average Bonchev–Trinajstić information content (AvgIpc) is 2.86. The lowest BCUT2D eigenvalue weighted by Gasteiger charge is -2.65. The zero-order valence-electron chi connectivity index (χ0n) is 21.6. The molecule has 1 saturated heterocycles. The van der Waals surface area contributed by atoms with E-state index in [1.807, 2.05) is 36.2 Å². The number of amides is 1. The summed E-state index contributed by atoms with van der Waals surface area (Å²) in [6.45, 7) is 10.2. The predicted octanol–water partition coefficient (Wildman–Crippen LogP) is 5.58. The van der Waals surface area contributed by atoms with Crippen LogP contribution in [0.25, 0.3) is 0 Å². The second-order valence-electron chi connectivity index (χ2n) is 11.2. The van der Waals surface area contributed by atoms with Crippen molar-refractivity contribution in [3.8, 4) is 11.8 Å². The molecule has 36 heavy (non-hydrogen) atoms. The maximum atomic E-state index is 13.5. The molecule has 0 bridgehead atoms. The fraction of sp³-hybridized carbons (Fsp3) is 0.483. The number of nitriles is 1. The van der Waals surface area contributed by atoms with Crippen molar-refractivity contribution in [2.24, 2.45) is 16.7 Å². The summed E-state index contributed by atoms with van der Waals surface area (Å²) in [4.78, 5) is 28.6. The highest BCUT2D eigenvalue weighted by Crippen LogP contribution is 2.57. The van der Waals surface area contributed by atoms with Crippen molar-refractivity contribution >= 4 is 29.5 Å². The van der Waals surface area contributed by atoms with Crippen LogP contribution in [-0.4, -0.2) is 49.4 Å². The van der Waals surface area contributed by atoms with Crippen LogP contribution < -0.4 is 9.64 Å². The van der Waals surface area contributed by atoms with Gasteiger partial charge < -0.3 is 19.3 Å². The maximum absolute atomic E-state index is 13.5. The van der Waals surface area contributed by atoms with E-state index < -0.39 is 0 Å². The summed E-state index contributed by atoms with van der Waals surface area (Å²) in [5.74, 6) is 0.754. The number of hydrogen-bond donors (Lipinski definition) is 0. The SMILES string of the molecule is CN(C(=O)c1ccc(N2CCC(C=O)CC2)cc1)[C@H]1C(C)(C)[C@H](Oc2ccc(C#N)c(Cl)c2)C1(C)C. The highest BCUT2D eigenvalue weighted by atomic mass is 35.5. The number of hydrogen-bond acceptors (Lipinski definition) is 5. The number of anilines is 1. The van der Waals surface area contributed by atoms with Crippen molar-refractivity contribution in [3.05, 3.63) is 58.6 Å². The highest BCUT2D eigenvalue weighted by Gasteiger charge is 2.65. The van der Waals surface area contributed by atoms with E-state index in [1.165, 1.54) is 0 Å². The quantitative estimate of drug-likeness (QED) is 0.477. The minimum absolute atomic E-state index is 0.0211. The van der Waals surface area contributed by atoms with Crippen molar-refractivity contribution in [3.63, 3.8) is 0 Å². The molecule has 0 radical (unpaired) electrons. The first-order valence-electron chi connectivity index (χ1n) is 12.4. The van der Waals surface area contributed by atoms with Crippen molar-refractivity contribution in [2.75, 3.05) is 25.0 Å².